The fourth-order valence-corrected chi connectivity index (χ4v) is 2.11. The first kappa shape index (κ1) is 13.3. The van der Waals surface area contributed by atoms with Gasteiger partial charge in [0.2, 0.25) is 0 Å². The monoisotopic (exact) mass is 250 g/mol. The second kappa shape index (κ2) is 6.72. The van der Waals surface area contributed by atoms with Crippen LogP contribution in [0.5, 0.6) is 0 Å². The van der Waals surface area contributed by atoms with E-state index in [2.05, 4.69) is 42.6 Å². The molecule has 2 nitrogen and oxygen atoms in total. The Balaban J connectivity index is 1.99. The van der Waals surface area contributed by atoms with E-state index in [1.54, 1.807) is 0 Å². The van der Waals surface area contributed by atoms with E-state index >= 15 is 0 Å². The van der Waals surface area contributed by atoms with Crippen molar-refractivity contribution in [3.63, 3.8) is 0 Å². The van der Waals surface area contributed by atoms with Crippen LogP contribution < -0.4 is 5.32 Å². The van der Waals surface area contributed by atoms with E-state index in [-0.39, 0.29) is 12.0 Å². The summed E-state index contributed by atoms with van der Waals surface area (Å²) >= 11 is 0. The summed E-state index contributed by atoms with van der Waals surface area (Å²) in [6.07, 6.45) is 0. The average Bonchev–Trinajstić information content (AvgIpc) is 2.49. The first-order chi connectivity index (χ1) is 9.31. The van der Waals surface area contributed by atoms with E-state index in [0.29, 0.717) is 0 Å². The molecule has 1 N–H and O–H groups in total. The maximum absolute atomic E-state index is 9.32. The highest BCUT2D eigenvalue weighted by Crippen LogP contribution is 2.18. The van der Waals surface area contributed by atoms with E-state index in [4.69, 9.17) is 0 Å². The molecule has 2 heteroatoms. The minimum absolute atomic E-state index is 0.176. The topological polar surface area (TPSA) is 35.8 Å². The molecule has 0 saturated heterocycles. The predicted molar refractivity (Wildman–Crippen MR) is 77.5 cm³/mol. The molecule has 0 aromatic heterocycles. The van der Waals surface area contributed by atoms with Gasteiger partial charge in [0.25, 0.3) is 0 Å². The molecular weight excluding hydrogens is 232 g/mol. The Morgan fingerprint density at radius 1 is 1.00 bits per heavy atom. The summed E-state index contributed by atoms with van der Waals surface area (Å²) in [6, 6.07) is 22.5. The maximum Gasteiger partial charge on any atom is 0.102 e. The van der Waals surface area contributed by atoms with Crippen molar-refractivity contribution in [2.24, 2.45) is 0 Å². The first-order valence-electron chi connectivity index (χ1n) is 6.53. The molecule has 0 radical (unpaired) electrons. The molecule has 2 atom stereocenters. The third-order valence-corrected chi connectivity index (χ3v) is 3.33. The van der Waals surface area contributed by atoms with Crippen molar-refractivity contribution in [3.8, 4) is 6.07 Å². The van der Waals surface area contributed by atoms with Crippen LogP contribution in [0.3, 0.4) is 0 Å². The van der Waals surface area contributed by atoms with Crippen molar-refractivity contribution in [2.75, 3.05) is 0 Å². The van der Waals surface area contributed by atoms with Gasteiger partial charge in [-0.1, -0.05) is 67.6 Å². The van der Waals surface area contributed by atoms with Crippen LogP contribution in [0.1, 0.15) is 24.0 Å². The van der Waals surface area contributed by atoms with Crippen LogP contribution in [0, 0.1) is 11.3 Å². The summed E-state index contributed by atoms with van der Waals surface area (Å²) in [4.78, 5) is 0. The Labute approximate surface area is 114 Å². The summed E-state index contributed by atoms with van der Waals surface area (Å²) in [5.41, 5.74) is 2.39. The Morgan fingerprint density at radius 3 is 2.16 bits per heavy atom. The van der Waals surface area contributed by atoms with Gasteiger partial charge in [-0.2, -0.15) is 5.26 Å². The van der Waals surface area contributed by atoms with Crippen LogP contribution in [-0.4, -0.2) is 6.04 Å². The lowest BCUT2D eigenvalue weighted by Crippen LogP contribution is -2.32. The molecule has 0 bridgehead atoms. The fourth-order valence-electron chi connectivity index (χ4n) is 2.11. The predicted octanol–water partition coefficient (Wildman–Crippen LogP) is 3.47. The minimum atomic E-state index is -0.178. The quantitative estimate of drug-likeness (QED) is 0.882. The molecule has 96 valence electrons. The number of nitriles is 1. The lowest BCUT2D eigenvalue weighted by atomic mass is 9.94. The zero-order valence-electron chi connectivity index (χ0n) is 11.1. The number of hydrogen-bond acceptors (Lipinski definition) is 2. The number of hydrogen-bond donors (Lipinski definition) is 1. The van der Waals surface area contributed by atoms with Crippen LogP contribution in [0.2, 0.25) is 0 Å². The van der Waals surface area contributed by atoms with Gasteiger partial charge in [0.15, 0.2) is 0 Å². The largest absolute Gasteiger partial charge is 0.297 e. The van der Waals surface area contributed by atoms with Crippen LogP contribution in [-0.2, 0) is 6.54 Å². The number of nitrogens with one attached hydrogen (secondary N) is 1. The fraction of sp³-hybridized carbons (Fsp3) is 0.235. The zero-order valence-corrected chi connectivity index (χ0v) is 11.1. The highest BCUT2D eigenvalue weighted by atomic mass is 14.9. The Bertz CT molecular complexity index is 528. The number of rotatable bonds is 5. The third-order valence-electron chi connectivity index (χ3n) is 3.33. The molecular formula is C17H18N2. The molecule has 2 rings (SSSR count). The normalized spacial score (nSPS) is 13.5. The van der Waals surface area contributed by atoms with Crippen molar-refractivity contribution in [2.45, 2.75) is 25.4 Å². The zero-order chi connectivity index (χ0) is 13.5. The lowest BCUT2D eigenvalue weighted by Gasteiger charge is -2.19. The summed E-state index contributed by atoms with van der Waals surface area (Å²) in [6.45, 7) is 2.80. The Hall–Kier alpha value is -2.11. The minimum Gasteiger partial charge on any atom is -0.297 e. The van der Waals surface area contributed by atoms with Crippen LogP contribution in [0.15, 0.2) is 60.7 Å². The van der Waals surface area contributed by atoms with Gasteiger partial charge in [-0.05, 0) is 11.1 Å². The van der Waals surface area contributed by atoms with Crippen molar-refractivity contribution < 1.29 is 0 Å². The van der Waals surface area contributed by atoms with Crippen LogP contribution >= 0.6 is 0 Å². The first-order valence-corrected chi connectivity index (χ1v) is 6.53. The Kier molecular flexibility index (Phi) is 4.72. The highest BCUT2D eigenvalue weighted by Gasteiger charge is 2.17. The molecule has 0 spiro atoms. The molecule has 0 fully saturated rings. The van der Waals surface area contributed by atoms with Crippen LogP contribution in [0.4, 0.5) is 0 Å². The summed E-state index contributed by atoms with van der Waals surface area (Å²) < 4.78 is 0. The van der Waals surface area contributed by atoms with Gasteiger partial charge in [0.1, 0.15) is 6.04 Å². The molecule has 2 aromatic carbocycles. The van der Waals surface area contributed by atoms with Crippen molar-refractivity contribution in [3.05, 3.63) is 71.8 Å². The van der Waals surface area contributed by atoms with E-state index in [1.165, 1.54) is 11.1 Å². The summed E-state index contributed by atoms with van der Waals surface area (Å²) in [5.74, 6) is 0.176. The standard InChI is InChI=1S/C17H18N2/c1-14(16-10-6-3-7-11-16)17(12-18)19-13-15-8-4-2-5-9-15/h2-11,14,17,19H,13H2,1H3/t14-,17+/m1/s1. The van der Waals surface area contributed by atoms with Crippen molar-refractivity contribution >= 4 is 0 Å². The average molecular weight is 250 g/mol. The SMILES string of the molecule is C[C@H](c1ccccc1)[C@H](C#N)NCc1ccccc1. The van der Waals surface area contributed by atoms with Gasteiger partial charge in [-0.25, -0.2) is 0 Å². The molecule has 0 saturated carbocycles. The molecule has 19 heavy (non-hydrogen) atoms. The van der Waals surface area contributed by atoms with E-state index < -0.39 is 0 Å². The van der Waals surface area contributed by atoms with E-state index in [0.717, 1.165) is 6.54 Å². The number of benzene rings is 2. The molecule has 0 unspecified atom stereocenters. The molecule has 0 aliphatic heterocycles. The lowest BCUT2D eigenvalue weighted by molar-refractivity contribution is 0.530. The van der Waals surface area contributed by atoms with Crippen LogP contribution in [0.25, 0.3) is 0 Å². The van der Waals surface area contributed by atoms with E-state index in [1.807, 2.05) is 36.4 Å². The van der Waals surface area contributed by atoms with Gasteiger partial charge in [0, 0.05) is 12.5 Å². The molecule has 0 amide bonds. The van der Waals surface area contributed by atoms with Gasteiger partial charge < -0.3 is 0 Å². The smallest absolute Gasteiger partial charge is 0.102 e. The van der Waals surface area contributed by atoms with Crippen molar-refractivity contribution in [1.82, 2.24) is 5.32 Å². The Morgan fingerprint density at radius 2 is 1.58 bits per heavy atom. The van der Waals surface area contributed by atoms with Gasteiger partial charge in [0.05, 0.1) is 6.07 Å². The molecule has 0 heterocycles. The third kappa shape index (κ3) is 3.67. The number of nitrogens with zero attached hydrogens (tertiary/aromatic N) is 1. The highest BCUT2D eigenvalue weighted by molar-refractivity contribution is 5.23. The van der Waals surface area contributed by atoms with Gasteiger partial charge >= 0.3 is 0 Å². The van der Waals surface area contributed by atoms with Crippen molar-refractivity contribution in [1.29, 1.82) is 5.26 Å². The molecule has 2 aromatic rings. The summed E-state index contributed by atoms with van der Waals surface area (Å²) in [7, 11) is 0. The van der Waals surface area contributed by atoms with E-state index in [9.17, 15) is 5.26 Å². The second-order valence-corrected chi connectivity index (χ2v) is 4.67. The molecule has 0 aliphatic carbocycles. The molecule has 0 aliphatic rings. The maximum atomic E-state index is 9.32. The summed E-state index contributed by atoms with van der Waals surface area (Å²) in [5, 5.41) is 12.6. The second-order valence-electron chi connectivity index (χ2n) is 4.67. The van der Waals surface area contributed by atoms with Gasteiger partial charge in [-0.3, -0.25) is 5.32 Å². The van der Waals surface area contributed by atoms with Gasteiger partial charge in [-0.15, -0.1) is 0 Å².